The van der Waals surface area contributed by atoms with Gasteiger partial charge < -0.3 is 10.6 Å². The van der Waals surface area contributed by atoms with Crippen LogP contribution in [0.5, 0.6) is 0 Å². The van der Waals surface area contributed by atoms with Gasteiger partial charge in [-0.1, -0.05) is 19.8 Å². The van der Waals surface area contributed by atoms with Gasteiger partial charge >= 0.3 is 0 Å². The van der Waals surface area contributed by atoms with Gasteiger partial charge in [-0.2, -0.15) is 0 Å². The fourth-order valence-electron chi connectivity index (χ4n) is 2.14. The lowest BCUT2D eigenvalue weighted by Crippen LogP contribution is -2.26. The van der Waals surface area contributed by atoms with Gasteiger partial charge in [-0.3, -0.25) is 14.9 Å². The van der Waals surface area contributed by atoms with Crippen molar-refractivity contribution in [1.29, 1.82) is 0 Å². The lowest BCUT2D eigenvalue weighted by Gasteiger charge is -2.11. The number of nitrogens with one attached hydrogen (secondary N) is 2. The number of anilines is 1. The highest BCUT2D eigenvalue weighted by Gasteiger charge is 2.21. The van der Waals surface area contributed by atoms with E-state index in [-0.39, 0.29) is 11.6 Å². The number of rotatable bonds is 8. The van der Waals surface area contributed by atoms with E-state index in [9.17, 15) is 14.9 Å². The van der Waals surface area contributed by atoms with Gasteiger partial charge in [0.1, 0.15) is 0 Å². The molecule has 1 amide bonds. The molecule has 0 spiro atoms. The van der Waals surface area contributed by atoms with Gasteiger partial charge in [0.05, 0.1) is 10.5 Å². The zero-order chi connectivity index (χ0) is 15.2. The average Bonchev–Trinajstić information content (AvgIpc) is 3.28. The Hall–Kier alpha value is -2.11. The van der Waals surface area contributed by atoms with Crippen molar-refractivity contribution in [3.8, 4) is 0 Å². The maximum absolute atomic E-state index is 12.2. The molecule has 1 aromatic carbocycles. The Bertz CT molecular complexity index is 527. The number of hydrogen-bond donors (Lipinski definition) is 2. The molecule has 0 atom stereocenters. The van der Waals surface area contributed by atoms with Crippen LogP contribution < -0.4 is 10.6 Å². The van der Waals surface area contributed by atoms with Crippen molar-refractivity contribution in [3.05, 3.63) is 33.9 Å². The highest BCUT2D eigenvalue weighted by Crippen LogP contribution is 2.31. The predicted molar refractivity (Wildman–Crippen MR) is 81.6 cm³/mol. The Morgan fingerprint density at radius 2 is 2.14 bits per heavy atom. The van der Waals surface area contributed by atoms with E-state index in [1.807, 2.05) is 6.92 Å². The smallest absolute Gasteiger partial charge is 0.270 e. The van der Waals surface area contributed by atoms with Crippen molar-refractivity contribution in [2.75, 3.05) is 18.4 Å². The zero-order valence-corrected chi connectivity index (χ0v) is 12.2. The van der Waals surface area contributed by atoms with Gasteiger partial charge in [0.25, 0.3) is 11.6 Å². The van der Waals surface area contributed by atoms with Crippen molar-refractivity contribution in [1.82, 2.24) is 5.32 Å². The summed E-state index contributed by atoms with van der Waals surface area (Å²) < 4.78 is 0. The van der Waals surface area contributed by atoms with Crippen LogP contribution in [0.4, 0.5) is 11.4 Å². The topological polar surface area (TPSA) is 84.3 Å². The molecule has 0 unspecified atom stereocenters. The van der Waals surface area contributed by atoms with E-state index >= 15 is 0 Å². The number of nitro groups is 1. The van der Waals surface area contributed by atoms with E-state index < -0.39 is 4.92 Å². The van der Waals surface area contributed by atoms with Gasteiger partial charge in [0.2, 0.25) is 0 Å². The molecule has 0 aliphatic heterocycles. The minimum absolute atomic E-state index is 0.0654. The van der Waals surface area contributed by atoms with E-state index in [1.54, 1.807) is 6.07 Å². The Labute approximate surface area is 124 Å². The van der Waals surface area contributed by atoms with Gasteiger partial charge in [-0.15, -0.1) is 0 Å². The average molecular weight is 291 g/mol. The number of nitrogens with zero attached hydrogens (tertiary/aromatic N) is 1. The first-order chi connectivity index (χ1) is 10.1. The fourth-order valence-corrected chi connectivity index (χ4v) is 2.14. The molecule has 0 heterocycles. The number of hydrogen-bond acceptors (Lipinski definition) is 4. The molecule has 0 bridgehead atoms. The van der Waals surface area contributed by atoms with Crippen LogP contribution in [-0.2, 0) is 0 Å². The molecule has 21 heavy (non-hydrogen) atoms. The second kappa shape index (κ2) is 7.06. The standard InChI is InChI=1S/C15H21N3O3/c1-2-8-16-14-6-5-12(18(20)21)10-13(14)15(19)17-9-7-11-3-4-11/h5-6,10-11,16H,2-4,7-9H2,1H3,(H,17,19). The lowest BCUT2D eigenvalue weighted by molar-refractivity contribution is -0.384. The summed E-state index contributed by atoms with van der Waals surface area (Å²) >= 11 is 0. The fraction of sp³-hybridized carbons (Fsp3) is 0.533. The molecule has 6 heteroatoms. The highest BCUT2D eigenvalue weighted by molar-refractivity contribution is 6.00. The molecule has 2 N–H and O–H groups in total. The highest BCUT2D eigenvalue weighted by atomic mass is 16.6. The van der Waals surface area contributed by atoms with Crippen molar-refractivity contribution in [3.63, 3.8) is 0 Å². The van der Waals surface area contributed by atoms with Crippen molar-refractivity contribution >= 4 is 17.3 Å². The van der Waals surface area contributed by atoms with E-state index in [2.05, 4.69) is 10.6 Å². The monoisotopic (exact) mass is 291 g/mol. The molecule has 2 rings (SSSR count). The molecule has 0 saturated heterocycles. The van der Waals surface area contributed by atoms with Gasteiger partial charge in [0.15, 0.2) is 0 Å². The van der Waals surface area contributed by atoms with Gasteiger partial charge in [-0.05, 0) is 24.8 Å². The largest absolute Gasteiger partial charge is 0.384 e. The first-order valence-corrected chi connectivity index (χ1v) is 7.42. The summed E-state index contributed by atoms with van der Waals surface area (Å²) in [7, 11) is 0. The molecular weight excluding hydrogens is 270 g/mol. The van der Waals surface area contributed by atoms with Crippen LogP contribution in [0.15, 0.2) is 18.2 Å². The van der Waals surface area contributed by atoms with Crippen LogP contribution in [0.2, 0.25) is 0 Å². The van der Waals surface area contributed by atoms with Crippen molar-refractivity contribution < 1.29 is 9.72 Å². The third-order valence-electron chi connectivity index (χ3n) is 3.56. The predicted octanol–water partition coefficient (Wildman–Crippen LogP) is 2.95. The third-order valence-corrected chi connectivity index (χ3v) is 3.56. The molecule has 114 valence electrons. The molecule has 1 saturated carbocycles. The molecule has 1 fully saturated rings. The first kappa shape index (κ1) is 15.3. The summed E-state index contributed by atoms with van der Waals surface area (Å²) in [6.45, 7) is 3.37. The number of nitro benzene ring substituents is 1. The second-order valence-electron chi connectivity index (χ2n) is 5.40. The summed E-state index contributed by atoms with van der Waals surface area (Å²) in [5, 5.41) is 16.9. The summed E-state index contributed by atoms with van der Waals surface area (Å²) in [5.41, 5.74) is 0.921. The van der Waals surface area contributed by atoms with Crippen LogP contribution in [0.25, 0.3) is 0 Å². The first-order valence-electron chi connectivity index (χ1n) is 7.42. The third kappa shape index (κ3) is 4.44. The van der Waals surface area contributed by atoms with Crippen molar-refractivity contribution in [2.24, 2.45) is 5.92 Å². The van der Waals surface area contributed by atoms with E-state index in [1.165, 1.54) is 25.0 Å². The molecule has 0 aromatic heterocycles. The molecule has 1 aliphatic carbocycles. The van der Waals surface area contributed by atoms with Gasteiger partial charge in [-0.25, -0.2) is 0 Å². The maximum Gasteiger partial charge on any atom is 0.270 e. The summed E-state index contributed by atoms with van der Waals surface area (Å²) in [6.07, 6.45) is 4.39. The van der Waals surface area contributed by atoms with Crippen LogP contribution in [0.1, 0.15) is 43.0 Å². The number of carbonyl (C=O) groups excluding carboxylic acids is 1. The summed E-state index contributed by atoms with van der Waals surface area (Å²) in [6, 6.07) is 4.35. The summed E-state index contributed by atoms with van der Waals surface area (Å²) in [5.74, 6) is 0.492. The molecule has 1 aliphatic rings. The second-order valence-corrected chi connectivity index (χ2v) is 5.40. The maximum atomic E-state index is 12.2. The quantitative estimate of drug-likeness (QED) is 0.569. The zero-order valence-electron chi connectivity index (χ0n) is 12.2. The lowest BCUT2D eigenvalue weighted by atomic mass is 10.1. The molecule has 6 nitrogen and oxygen atoms in total. The molecule has 1 aromatic rings. The Kier molecular flexibility index (Phi) is 5.14. The van der Waals surface area contributed by atoms with Crippen LogP contribution in [0.3, 0.4) is 0 Å². The van der Waals surface area contributed by atoms with Crippen LogP contribution in [0, 0.1) is 16.0 Å². The van der Waals surface area contributed by atoms with Gasteiger partial charge in [0, 0.05) is 30.9 Å². The van der Waals surface area contributed by atoms with Crippen molar-refractivity contribution in [2.45, 2.75) is 32.6 Å². The number of non-ortho nitro benzene ring substituents is 1. The number of benzene rings is 1. The van der Waals surface area contributed by atoms with Crippen LogP contribution >= 0.6 is 0 Å². The van der Waals surface area contributed by atoms with Crippen LogP contribution in [-0.4, -0.2) is 23.9 Å². The van der Waals surface area contributed by atoms with E-state index in [0.717, 1.165) is 25.3 Å². The van der Waals surface area contributed by atoms with E-state index in [0.29, 0.717) is 17.8 Å². The minimum Gasteiger partial charge on any atom is -0.384 e. The molecular formula is C15H21N3O3. The molecule has 0 radical (unpaired) electrons. The SMILES string of the molecule is CCCNc1ccc([N+](=O)[O-])cc1C(=O)NCCC1CC1. The minimum atomic E-state index is -0.482. The Morgan fingerprint density at radius 3 is 2.76 bits per heavy atom. The Balaban J connectivity index is 2.08. The number of carbonyl (C=O) groups is 1. The summed E-state index contributed by atoms with van der Waals surface area (Å²) in [4.78, 5) is 22.6. The Morgan fingerprint density at radius 1 is 1.38 bits per heavy atom. The normalized spacial score (nSPS) is 13.8. The van der Waals surface area contributed by atoms with E-state index in [4.69, 9.17) is 0 Å². The number of amides is 1.